The highest BCUT2D eigenvalue weighted by molar-refractivity contribution is 6.33. The molecule has 220 valence electrons. The third-order valence-corrected chi connectivity index (χ3v) is 6.63. The number of carbonyl (C=O) groups excluding carboxylic acids is 4. The standard InChI is InChI=1S/C19H27ClN2O2.C7H11NO4.C3H8/c1-19(2,3)16(18(24)22(4)13-9-5-6-10-13)21-17(23)14-11-7-8-12-15(14)20;1-2-11-7-5(8-4-9)3-6(10)12-7;1-3-2/h7-8,11-13,16H,5-6,9-10H2,1-4H3,(H,21,23);4-5,7H,2-3H2,1H3,(H,8,9);3H2,1-2H3/t;5-,7+;/m.0./s1. The largest absolute Gasteiger partial charge is 0.433 e. The molecular formula is C29H46ClN3O6. The van der Waals surface area contributed by atoms with E-state index < -0.39 is 12.3 Å². The Morgan fingerprint density at radius 1 is 1.18 bits per heavy atom. The molecule has 1 aliphatic carbocycles. The van der Waals surface area contributed by atoms with Crippen LogP contribution in [0.4, 0.5) is 0 Å². The minimum atomic E-state index is -0.618. The molecule has 9 nitrogen and oxygen atoms in total. The lowest BCUT2D eigenvalue weighted by Crippen LogP contribution is -2.55. The molecule has 2 N–H and O–H groups in total. The zero-order valence-electron chi connectivity index (χ0n) is 24.4. The zero-order valence-corrected chi connectivity index (χ0v) is 25.2. The molecule has 0 radical (unpaired) electrons. The van der Waals surface area contributed by atoms with Crippen molar-refractivity contribution in [1.82, 2.24) is 15.5 Å². The molecule has 10 heteroatoms. The number of halogens is 1. The molecule has 0 spiro atoms. The molecule has 0 aromatic heterocycles. The Morgan fingerprint density at radius 3 is 2.28 bits per heavy atom. The Labute approximate surface area is 238 Å². The number of likely N-dealkylation sites (N-methyl/N-ethyl adjacent to an activating group) is 1. The number of nitrogens with one attached hydrogen (secondary N) is 2. The van der Waals surface area contributed by atoms with Gasteiger partial charge >= 0.3 is 5.97 Å². The Kier molecular flexibility index (Phi) is 15.1. The van der Waals surface area contributed by atoms with Gasteiger partial charge < -0.3 is 25.0 Å². The van der Waals surface area contributed by atoms with E-state index >= 15 is 0 Å². The summed E-state index contributed by atoms with van der Waals surface area (Å²) < 4.78 is 9.86. The number of rotatable bonds is 8. The van der Waals surface area contributed by atoms with Crippen molar-refractivity contribution < 1.29 is 28.7 Å². The van der Waals surface area contributed by atoms with Crippen LogP contribution in [0.3, 0.4) is 0 Å². The van der Waals surface area contributed by atoms with E-state index in [4.69, 9.17) is 21.1 Å². The van der Waals surface area contributed by atoms with E-state index in [-0.39, 0.29) is 41.7 Å². The van der Waals surface area contributed by atoms with Crippen molar-refractivity contribution in [3.63, 3.8) is 0 Å². The molecule has 1 heterocycles. The second-order valence-corrected chi connectivity index (χ2v) is 11.2. The van der Waals surface area contributed by atoms with Crippen LogP contribution in [0.2, 0.25) is 5.02 Å². The van der Waals surface area contributed by atoms with E-state index in [2.05, 4.69) is 24.5 Å². The highest BCUT2D eigenvalue weighted by Gasteiger charge is 2.37. The summed E-state index contributed by atoms with van der Waals surface area (Å²) in [5.41, 5.74) is 0.00524. The highest BCUT2D eigenvalue weighted by Crippen LogP contribution is 2.27. The molecule has 1 saturated carbocycles. The zero-order chi connectivity index (χ0) is 29.6. The quantitative estimate of drug-likeness (QED) is 0.347. The van der Waals surface area contributed by atoms with Crippen molar-refractivity contribution in [2.45, 2.75) is 104 Å². The van der Waals surface area contributed by atoms with Crippen LogP contribution in [0, 0.1) is 5.41 Å². The van der Waals surface area contributed by atoms with Crippen LogP contribution in [-0.4, -0.2) is 67.2 Å². The highest BCUT2D eigenvalue weighted by atomic mass is 35.5. The number of amides is 3. The van der Waals surface area contributed by atoms with Gasteiger partial charge in [0.05, 0.1) is 17.0 Å². The third-order valence-electron chi connectivity index (χ3n) is 6.30. The average molecular weight is 568 g/mol. The number of hydrogen-bond donors (Lipinski definition) is 2. The van der Waals surface area contributed by atoms with Gasteiger partial charge in [0.2, 0.25) is 18.6 Å². The van der Waals surface area contributed by atoms with Crippen LogP contribution < -0.4 is 10.6 Å². The molecule has 2 aliphatic rings. The van der Waals surface area contributed by atoms with E-state index in [9.17, 15) is 19.2 Å². The number of cyclic esters (lactones) is 1. The van der Waals surface area contributed by atoms with Gasteiger partial charge in [0.25, 0.3) is 5.91 Å². The van der Waals surface area contributed by atoms with Gasteiger partial charge in [-0.15, -0.1) is 0 Å². The maximum absolute atomic E-state index is 13.0. The van der Waals surface area contributed by atoms with Crippen molar-refractivity contribution in [3.8, 4) is 0 Å². The molecule has 1 aliphatic heterocycles. The van der Waals surface area contributed by atoms with Gasteiger partial charge in [0.15, 0.2) is 0 Å². The van der Waals surface area contributed by atoms with E-state index in [0.717, 1.165) is 25.7 Å². The topological polar surface area (TPSA) is 114 Å². The van der Waals surface area contributed by atoms with Gasteiger partial charge in [-0.25, -0.2) is 0 Å². The SMILES string of the molecule is CCC.CCO[C@@H]1OC(=O)C[C@@H]1NC=O.CN(C(=O)C(NC(=O)c1ccccc1Cl)C(C)(C)C)C1CCCC1. The average Bonchev–Trinajstić information content (AvgIpc) is 3.53. The molecular weight excluding hydrogens is 522 g/mol. The van der Waals surface area contributed by atoms with Crippen LogP contribution in [0.5, 0.6) is 0 Å². The fourth-order valence-electron chi connectivity index (χ4n) is 4.25. The summed E-state index contributed by atoms with van der Waals surface area (Å²) in [6.07, 6.45) is 5.76. The second-order valence-electron chi connectivity index (χ2n) is 10.8. The van der Waals surface area contributed by atoms with Crippen LogP contribution in [0.15, 0.2) is 24.3 Å². The van der Waals surface area contributed by atoms with E-state index in [1.54, 1.807) is 31.2 Å². The van der Waals surface area contributed by atoms with Gasteiger partial charge in [-0.1, -0.05) is 77.6 Å². The Balaban J connectivity index is 0.000000422. The molecule has 1 saturated heterocycles. The minimum Gasteiger partial charge on any atom is -0.433 e. The predicted molar refractivity (Wildman–Crippen MR) is 152 cm³/mol. The Morgan fingerprint density at radius 2 is 1.77 bits per heavy atom. The molecule has 0 bridgehead atoms. The first-order chi connectivity index (χ1) is 18.4. The first kappa shape index (κ1) is 34.4. The smallest absolute Gasteiger partial charge is 0.310 e. The lowest BCUT2D eigenvalue weighted by atomic mass is 9.85. The molecule has 3 rings (SSSR count). The van der Waals surface area contributed by atoms with Crippen LogP contribution >= 0.6 is 11.6 Å². The first-order valence-electron chi connectivity index (χ1n) is 13.7. The monoisotopic (exact) mass is 567 g/mol. The fourth-order valence-corrected chi connectivity index (χ4v) is 4.47. The van der Waals surface area contributed by atoms with Gasteiger partial charge in [0.1, 0.15) is 12.1 Å². The summed E-state index contributed by atoms with van der Waals surface area (Å²) in [4.78, 5) is 48.3. The van der Waals surface area contributed by atoms with Crippen molar-refractivity contribution in [2.24, 2.45) is 5.41 Å². The first-order valence-corrected chi connectivity index (χ1v) is 14.1. The lowest BCUT2D eigenvalue weighted by Gasteiger charge is -2.35. The molecule has 3 atom stereocenters. The number of benzene rings is 1. The van der Waals surface area contributed by atoms with Gasteiger partial charge in [-0.05, 0) is 37.3 Å². The summed E-state index contributed by atoms with van der Waals surface area (Å²) in [7, 11) is 1.85. The number of ether oxygens (including phenoxy) is 2. The predicted octanol–water partition coefficient (Wildman–Crippen LogP) is 4.71. The van der Waals surface area contributed by atoms with Crippen molar-refractivity contribution >= 4 is 35.8 Å². The number of carbonyl (C=O) groups is 4. The summed E-state index contributed by atoms with van der Waals surface area (Å²) in [5, 5.41) is 5.75. The van der Waals surface area contributed by atoms with E-state index in [1.165, 1.54) is 6.42 Å². The van der Waals surface area contributed by atoms with Crippen molar-refractivity contribution in [3.05, 3.63) is 34.9 Å². The molecule has 3 amide bonds. The molecule has 39 heavy (non-hydrogen) atoms. The normalized spacial score (nSPS) is 19.4. The number of hydrogen-bond acceptors (Lipinski definition) is 6. The fraction of sp³-hybridized carbons (Fsp3) is 0.655. The maximum Gasteiger partial charge on any atom is 0.310 e. The van der Waals surface area contributed by atoms with Gasteiger partial charge in [-0.3, -0.25) is 19.2 Å². The Bertz CT molecular complexity index is 930. The molecule has 2 fully saturated rings. The molecule has 1 unspecified atom stereocenters. The number of nitrogens with zero attached hydrogens (tertiary/aromatic N) is 1. The Hall–Kier alpha value is -2.65. The maximum atomic E-state index is 13.0. The van der Waals surface area contributed by atoms with E-state index in [0.29, 0.717) is 23.6 Å². The van der Waals surface area contributed by atoms with E-state index in [1.807, 2.05) is 32.7 Å². The van der Waals surface area contributed by atoms with Gasteiger partial charge in [0, 0.05) is 19.7 Å². The minimum absolute atomic E-state index is 0.0326. The van der Waals surface area contributed by atoms with Crippen molar-refractivity contribution in [2.75, 3.05) is 13.7 Å². The van der Waals surface area contributed by atoms with Crippen LogP contribution in [0.25, 0.3) is 0 Å². The van der Waals surface area contributed by atoms with Crippen LogP contribution in [-0.2, 0) is 23.9 Å². The summed E-state index contributed by atoms with van der Waals surface area (Å²) >= 11 is 6.11. The lowest BCUT2D eigenvalue weighted by molar-refractivity contribution is -0.164. The molecule has 1 aromatic rings. The van der Waals surface area contributed by atoms with Crippen LogP contribution in [0.1, 0.15) is 90.4 Å². The van der Waals surface area contributed by atoms with Crippen molar-refractivity contribution in [1.29, 1.82) is 0 Å². The third kappa shape index (κ3) is 11.2. The number of esters is 1. The van der Waals surface area contributed by atoms with Gasteiger partial charge in [-0.2, -0.15) is 0 Å². The molecule has 1 aromatic carbocycles. The summed E-state index contributed by atoms with van der Waals surface area (Å²) in [5.74, 6) is -0.684. The summed E-state index contributed by atoms with van der Waals surface area (Å²) in [6, 6.07) is 6.23. The second kappa shape index (κ2) is 17.1. The summed E-state index contributed by atoms with van der Waals surface area (Å²) in [6.45, 7) is 12.4.